The van der Waals surface area contributed by atoms with Crippen LogP contribution in [0.25, 0.3) is 0 Å². The number of aromatic nitrogens is 1. The summed E-state index contributed by atoms with van der Waals surface area (Å²) in [6, 6.07) is 3.98. The Bertz CT molecular complexity index is 241. The summed E-state index contributed by atoms with van der Waals surface area (Å²) in [5.41, 5.74) is 10.5. The first-order chi connectivity index (χ1) is 6.28. The van der Waals surface area contributed by atoms with Gasteiger partial charge in [0.25, 0.3) is 0 Å². The van der Waals surface area contributed by atoms with Crippen molar-refractivity contribution >= 4 is 11.8 Å². The summed E-state index contributed by atoms with van der Waals surface area (Å²) in [5, 5.41) is 7.10. The molecule has 1 heterocycles. The second-order valence-corrected chi connectivity index (χ2v) is 2.90. The molecule has 0 spiro atoms. The molecule has 0 atom stereocenters. The summed E-state index contributed by atoms with van der Waals surface area (Å²) in [7, 11) is 0. The Morgan fingerprint density at radius 1 is 1.62 bits per heavy atom. The van der Waals surface area contributed by atoms with Crippen LogP contribution in [0.4, 0.5) is 0 Å². The van der Waals surface area contributed by atoms with Gasteiger partial charge in [-0.25, -0.2) is 0 Å². The second-order valence-electron chi connectivity index (χ2n) is 2.02. The van der Waals surface area contributed by atoms with Gasteiger partial charge in [-0.3, -0.25) is 4.98 Å². The van der Waals surface area contributed by atoms with Crippen molar-refractivity contribution in [1.82, 2.24) is 4.98 Å². The predicted molar refractivity (Wildman–Crippen MR) is 53.7 cm³/mol. The number of thioether (sulfide) groups is 1. The zero-order valence-electron chi connectivity index (χ0n) is 7.40. The zero-order valence-corrected chi connectivity index (χ0v) is 8.21. The van der Waals surface area contributed by atoms with Crippen LogP contribution in [0.1, 0.15) is 5.69 Å². The van der Waals surface area contributed by atoms with E-state index in [-0.39, 0.29) is 0 Å². The third-order valence-corrected chi connectivity index (χ3v) is 1.96. The Morgan fingerprint density at radius 3 is 2.54 bits per heavy atom. The summed E-state index contributed by atoms with van der Waals surface area (Å²) in [6.45, 7) is 0.522. The van der Waals surface area contributed by atoms with E-state index in [1.807, 2.05) is 24.6 Å². The van der Waals surface area contributed by atoms with E-state index in [0.29, 0.717) is 6.54 Å². The first-order valence-electron chi connectivity index (χ1n) is 3.57. The third-order valence-electron chi connectivity index (χ3n) is 1.24. The molecule has 0 saturated carbocycles. The molecule has 70 valence electrons. The summed E-state index contributed by atoms with van der Waals surface area (Å²) in [6.07, 6.45) is 5.12. The van der Waals surface area contributed by atoms with E-state index < -0.39 is 0 Å². The lowest BCUT2D eigenvalue weighted by Crippen LogP contribution is -1.98. The Kier molecular flexibility index (Phi) is 6.69. The molecule has 13 heavy (non-hydrogen) atoms. The van der Waals surface area contributed by atoms with Crippen molar-refractivity contribution in [2.45, 2.75) is 11.4 Å². The molecule has 1 aromatic rings. The number of nitriles is 1. The lowest BCUT2D eigenvalue weighted by Gasteiger charge is -1.96. The molecule has 0 aliphatic carbocycles. The van der Waals surface area contributed by atoms with Gasteiger partial charge in [0.05, 0.1) is 5.69 Å². The molecule has 1 aromatic heterocycles. The Balaban J connectivity index is 0.000000424. The quantitative estimate of drug-likeness (QED) is 0.412. The molecule has 0 aromatic carbocycles. The van der Waals surface area contributed by atoms with E-state index in [1.54, 1.807) is 11.8 Å². The number of rotatable bonds is 2. The molecule has 4 N–H and O–H groups in total. The first-order valence-corrected chi connectivity index (χ1v) is 4.79. The topological polar surface area (TPSA) is 88.7 Å². The van der Waals surface area contributed by atoms with Crippen LogP contribution in [0.3, 0.4) is 0 Å². The van der Waals surface area contributed by atoms with Gasteiger partial charge in [0, 0.05) is 17.6 Å². The molecule has 5 heteroatoms. The molecular weight excluding hydrogens is 184 g/mol. The van der Waals surface area contributed by atoms with Gasteiger partial charge < -0.3 is 11.5 Å². The van der Waals surface area contributed by atoms with Gasteiger partial charge >= 0.3 is 0 Å². The van der Waals surface area contributed by atoms with Gasteiger partial charge in [0.15, 0.2) is 6.19 Å². The fourth-order valence-corrected chi connectivity index (χ4v) is 1.01. The number of nitrogens with zero attached hydrogens (tertiary/aromatic N) is 2. The Labute approximate surface area is 81.9 Å². The predicted octanol–water partition coefficient (Wildman–Crippen LogP) is 0.688. The normalized spacial score (nSPS) is 8.08. The molecule has 0 bridgehead atoms. The standard InChI is InChI=1S/C7H10N2S.CH2N2/c1-10-7-3-2-6(4-8)9-5-7;2-1-3/h2-3,5H,4,8H2,1H3;2H2. The molecular formula is C8H12N4S. The van der Waals surface area contributed by atoms with Crippen LogP contribution < -0.4 is 11.5 Å². The monoisotopic (exact) mass is 196 g/mol. The maximum absolute atomic E-state index is 7.10. The zero-order chi connectivity index (χ0) is 10.1. The van der Waals surface area contributed by atoms with Gasteiger partial charge in [0.1, 0.15) is 0 Å². The van der Waals surface area contributed by atoms with Crippen molar-refractivity contribution in [1.29, 1.82) is 5.26 Å². The summed E-state index contributed by atoms with van der Waals surface area (Å²) < 4.78 is 0. The fourth-order valence-electron chi connectivity index (χ4n) is 0.652. The lowest BCUT2D eigenvalue weighted by molar-refractivity contribution is 0.977. The SMILES string of the molecule is CSc1ccc(CN)nc1.N#CN. The van der Waals surface area contributed by atoms with Crippen molar-refractivity contribution in [3.05, 3.63) is 24.0 Å². The highest BCUT2D eigenvalue weighted by Crippen LogP contribution is 2.11. The number of hydrogen-bond donors (Lipinski definition) is 2. The average molecular weight is 196 g/mol. The van der Waals surface area contributed by atoms with Crippen LogP contribution in [0.15, 0.2) is 23.2 Å². The minimum absolute atomic E-state index is 0.522. The van der Waals surface area contributed by atoms with E-state index in [4.69, 9.17) is 11.0 Å². The molecule has 0 aliphatic heterocycles. The molecule has 0 fully saturated rings. The van der Waals surface area contributed by atoms with Crippen molar-refractivity contribution in [3.63, 3.8) is 0 Å². The summed E-state index contributed by atoms with van der Waals surface area (Å²) in [4.78, 5) is 5.30. The van der Waals surface area contributed by atoms with Crippen LogP contribution in [0.2, 0.25) is 0 Å². The summed E-state index contributed by atoms with van der Waals surface area (Å²) >= 11 is 1.68. The van der Waals surface area contributed by atoms with Crippen LogP contribution in [-0.4, -0.2) is 11.2 Å². The number of pyridine rings is 1. The third kappa shape index (κ3) is 5.06. The highest BCUT2D eigenvalue weighted by atomic mass is 32.2. The lowest BCUT2D eigenvalue weighted by atomic mass is 10.4. The minimum Gasteiger partial charge on any atom is -0.337 e. The Hall–Kier alpha value is -1.25. The molecule has 0 unspecified atom stereocenters. The van der Waals surface area contributed by atoms with E-state index in [0.717, 1.165) is 5.69 Å². The maximum atomic E-state index is 7.10. The van der Waals surface area contributed by atoms with Crippen molar-refractivity contribution in [2.24, 2.45) is 11.5 Å². The maximum Gasteiger partial charge on any atom is 0.173 e. The molecule has 0 amide bonds. The van der Waals surface area contributed by atoms with Crippen LogP contribution >= 0.6 is 11.8 Å². The summed E-state index contributed by atoms with van der Waals surface area (Å²) in [5.74, 6) is 0. The van der Waals surface area contributed by atoms with E-state index in [9.17, 15) is 0 Å². The first kappa shape index (κ1) is 11.8. The highest BCUT2D eigenvalue weighted by molar-refractivity contribution is 7.98. The van der Waals surface area contributed by atoms with E-state index in [2.05, 4.69) is 10.7 Å². The van der Waals surface area contributed by atoms with Crippen molar-refractivity contribution < 1.29 is 0 Å². The van der Waals surface area contributed by atoms with Gasteiger partial charge in [-0.05, 0) is 18.4 Å². The largest absolute Gasteiger partial charge is 0.337 e. The number of nitrogens with two attached hydrogens (primary N) is 2. The second kappa shape index (κ2) is 7.40. The molecule has 0 saturated heterocycles. The highest BCUT2D eigenvalue weighted by Gasteiger charge is 1.90. The smallest absolute Gasteiger partial charge is 0.173 e. The van der Waals surface area contributed by atoms with E-state index in [1.165, 1.54) is 11.1 Å². The van der Waals surface area contributed by atoms with Crippen molar-refractivity contribution in [2.75, 3.05) is 6.26 Å². The average Bonchev–Trinajstić information content (AvgIpc) is 2.19. The molecule has 0 radical (unpaired) electrons. The molecule has 4 nitrogen and oxygen atoms in total. The van der Waals surface area contributed by atoms with Gasteiger partial charge in [0.2, 0.25) is 0 Å². The molecule has 1 rings (SSSR count). The minimum atomic E-state index is 0.522. The fraction of sp³-hybridized carbons (Fsp3) is 0.250. The molecule has 0 aliphatic rings. The van der Waals surface area contributed by atoms with Crippen LogP contribution in [0.5, 0.6) is 0 Å². The van der Waals surface area contributed by atoms with Gasteiger partial charge in [-0.1, -0.05) is 0 Å². The number of hydrogen-bond acceptors (Lipinski definition) is 5. The van der Waals surface area contributed by atoms with E-state index >= 15 is 0 Å². The van der Waals surface area contributed by atoms with Gasteiger partial charge in [-0.15, -0.1) is 11.8 Å². The Morgan fingerprint density at radius 2 is 2.23 bits per heavy atom. The van der Waals surface area contributed by atoms with Crippen LogP contribution in [0, 0.1) is 11.5 Å². The van der Waals surface area contributed by atoms with Crippen molar-refractivity contribution in [3.8, 4) is 6.19 Å². The van der Waals surface area contributed by atoms with Gasteiger partial charge in [-0.2, -0.15) is 5.26 Å². The van der Waals surface area contributed by atoms with Crippen LogP contribution in [-0.2, 0) is 6.54 Å².